The van der Waals surface area contributed by atoms with E-state index in [9.17, 15) is 0 Å². The molecule has 1 unspecified atom stereocenters. The summed E-state index contributed by atoms with van der Waals surface area (Å²) < 4.78 is 4.05. The molecule has 2 rings (SSSR count). The Morgan fingerprint density at radius 2 is 1.79 bits per heavy atom. The van der Waals surface area contributed by atoms with E-state index in [2.05, 4.69) is 54.6 Å². The highest BCUT2D eigenvalue weighted by molar-refractivity contribution is 7.05. The van der Waals surface area contributed by atoms with Crippen LogP contribution in [0.15, 0.2) is 24.3 Å². The predicted molar refractivity (Wildman–Crippen MR) is 80.5 cm³/mol. The van der Waals surface area contributed by atoms with Gasteiger partial charge in [0, 0.05) is 6.04 Å². The molecule has 3 nitrogen and oxygen atoms in total. The second-order valence-corrected chi connectivity index (χ2v) is 5.94. The minimum Gasteiger partial charge on any atom is -0.323 e. The van der Waals surface area contributed by atoms with Crippen molar-refractivity contribution in [2.75, 3.05) is 0 Å². The molecule has 0 bridgehead atoms. The zero-order valence-electron chi connectivity index (χ0n) is 11.8. The van der Waals surface area contributed by atoms with E-state index in [-0.39, 0.29) is 6.04 Å². The number of rotatable bonds is 5. The maximum atomic E-state index is 6.31. The number of nitrogens with zero attached hydrogens (tertiary/aromatic N) is 2. The molecule has 4 heteroatoms. The lowest BCUT2D eigenvalue weighted by Gasteiger charge is -2.12. The van der Waals surface area contributed by atoms with Crippen molar-refractivity contribution in [1.29, 1.82) is 0 Å². The molecule has 19 heavy (non-hydrogen) atoms. The average Bonchev–Trinajstić information content (AvgIpc) is 2.89. The van der Waals surface area contributed by atoms with Crippen LogP contribution in [0.2, 0.25) is 0 Å². The van der Waals surface area contributed by atoms with Crippen molar-refractivity contribution < 1.29 is 0 Å². The summed E-state index contributed by atoms with van der Waals surface area (Å²) in [7, 11) is 0. The lowest BCUT2D eigenvalue weighted by Crippen LogP contribution is -2.14. The van der Waals surface area contributed by atoms with Crippen LogP contribution in [-0.2, 0) is 12.8 Å². The first-order valence-corrected chi connectivity index (χ1v) is 7.54. The van der Waals surface area contributed by atoms with Gasteiger partial charge in [-0.15, -0.1) is 5.10 Å². The second kappa shape index (κ2) is 6.26. The summed E-state index contributed by atoms with van der Waals surface area (Å²) in [5, 5.41) is 4.19. The number of hydrogen-bond acceptors (Lipinski definition) is 4. The van der Waals surface area contributed by atoms with Gasteiger partial charge in [0.2, 0.25) is 0 Å². The maximum absolute atomic E-state index is 6.31. The third-order valence-electron chi connectivity index (χ3n) is 3.31. The summed E-state index contributed by atoms with van der Waals surface area (Å²) >= 11 is 1.43. The van der Waals surface area contributed by atoms with E-state index in [0.29, 0.717) is 5.92 Å². The molecule has 102 valence electrons. The van der Waals surface area contributed by atoms with E-state index in [1.165, 1.54) is 22.7 Å². The van der Waals surface area contributed by atoms with Gasteiger partial charge in [0.1, 0.15) is 0 Å². The first-order valence-electron chi connectivity index (χ1n) is 6.77. The van der Waals surface area contributed by atoms with Crippen LogP contribution < -0.4 is 5.73 Å². The molecule has 0 radical (unpaired) electrons. The van der Waals surface area contributed by atoms with Gasteiger partial charge in [0.05, 0.1) is 10.6 Å². The Bertz CT molecular complexity index is 516. The first-order chi connectivity index (χ1) is 9.11. The fraction of sp³-hybridized carbons (Fsp3) is 0.467. The smallest absolute Gasteiger partial charge is 0.0829 e. The Morgan fingerprint density at radius 3 is 2.37 bits per heavy atom. The number of benzene rings is 1. The van der Waals surface area contributed by atoms with Crippen molar-refractivity contribution in [3.63, 3.8) is 0 Å². The largest absolute Gasteiger partial charge is 0.323 e. The third kappa shape index (κ3) is 3.39. The topological polar surface area (TPSA) is 51.8 Å². The van der Waals surface area contributed by atoms with Gasteiger partial charge in [-0.2, -0.15) is 0 Å². The molecular weight excluding hydrogens is 254 g/mol. The zero-order valence-corrected chi connectivity index (χ0v) is 12.6. The van der Waals surface area contributed by atoms with Crippen LogP contribution in [0.3, 0.4) is 0 Å². The lowest BCUT2D eigenvalue weighted by atomic mass is 10.00. The van der Waals surface area contributed by atoms with Gasteiger partial charge in [0.15, 0.2) is 0 Å². The number of aromatic nitrogens is 2. The molecule has 0 aliphatic heterocycles. The van der Waals surface area contributed by atoms with Crippen LogP contribution in [0.4, 0.5) is 0 Å². The summed E-state index contributed by atoms with van der Waals surface area (Å²) in [6.07, 6.45) is 1.91. The van der Waals surface area contributed by atoms with Crippen LogP contribution in [0.5, 0.6) is 0 Å². The quantitative estimate of drug-likeness (QED) is 0.909. The Labute approximate surface area is 119 Å². The van der Waals surface area contributed by atoms with Gasteiger partial charge in [0.25, 0.3) is 0 Å². The normalized spacial score (nSPS) is 12.9. The molecule has 1 atom stereocenters. The second-order valence-electron chi connectivity index (χ2n) is 5.16. The van der Waals surface area contributed by atoms with Gasteiger partial charge < -0.3 is 5.73 Å². The van der Waals surface area contributed by atoms with Crippen molar-refractivity contribution in [2.45, 2.75) is 45.6 Å². The van der Waals surface area contributed by atoms with Gasteiger partial charge in [-0.1, -0.05) is 49.5 Å². The van der Waals surface area contributed by atoms with E-state index < -0.39 is 0 Å². The zero-order chi connectivity index (χ0) is 13.8. The average molecular weight is 275 g/mol. The standard InChI is InChI=1S/C15H21N3S/c1-4-11-5-7-12(8-6-11)9-13(16)15-14(10(2)3)17-18-19-15/h5-8,10,13H,4,9,16H2,1-3H3. The Hall–Kier alpha value is -1.26. The van der Waals surface area contributed by atoms with E-state index in [0.717, 1.165) is 23.4 Å². The summed E-state index contributed by atoms with van der Waals surface area (Å²) in [4.78, 5) is 1.12. The summed E-state index contributed by atoms with van der Waals surface area (Å²) in [5.74, 6) is 0.377. The molecule has 0 amide bonds. The van der Waals surface area contributed by atoms with E-state index in [1.807, 2.05) is 0 Å². The Balaban J connectivity index is 2.11. The molecule has 1 aromatic carbocycles. The van der Waals surface area contributed by atoms with Crippen molar-refractivity contribution in [3.8, 4) is 0 Å². The summed E-state index contributed by atoms with van der Waals surface area (Å²) in [6.45, 7) is 6.42. The van der Waals surface area contributed by atoms with Crippen molar-refractivity contribution >= 4 is 11.5 Å². The molecule has 0 aliphatic rings. The van der Waals surface area contributed by atoms with Gasteiger partial charge >= 0.3 is 0 Å². The SMILES string of the molecule is CCc1ccc(CC(N)c2snnc2C(C)C)cc1. The molecule has 0 spiro atoms. The molecular formula is C15H21N3S. The number of nitrogens with two attached hydrogens (primary N) is 1. The van der Waals surface area contributed by atoms with Crippen LogP contribution in [0, 0.1) is 0 Å². The highest BCUT2D eigenvalue weighted by Gasteiger charge is 2.18. The van der Waals surface area contributed by atoms with E-state index >= 15 is 0 Å². The van der Waals surface area contributed by atoms with Crippen molar-refractivity contribution in [3.05, 3.63) is 46.0 Å². The Morgan fingerprint density at radius 1 is 1.16 bits per heavy atom. The van der Waals surface area contributed by atoms with Crippen molar-refractivity contribution in [2.24, 2.45) is 5.73 Å². The molecule has 0 saturated heterocycles. The van der Waals surface area contributed by atoms with Crippen LogP contribution in [0.1, 0.15) is 54.4 Å². The number of hydrogen-bond donors (Lipinski definition) is 1. The van der Waals surface area contributed by atoms with Gasteiger partial charge in [-0.3, -0.25) is 0 Å². The minimum atomic E-state index is -0.00937. The van der Waals surface area contributed by atoms with Crippen LogP contribution in [0.25, 0.3) is 0 Å². The molecule has 1 heterocycles. The maximum Gasteiger partial charge on any atom is 0.0829 e. The minimum absolute atomic E-state index is 0.00937. The van der Waals surface area contributed by atoms with Crippen LogP contribution >= 0.6 is 11.5 Å². The Kier molecular flexibility index (Phi) is 4.66. The molecule has 0 aliphatic carbocycles. The first kappa shape index (κ1) is 14.2. The molecule has 2 N–H and O–H groups in total. The molecule has 0 fully saturated rings. The summed E-state index contributed by atoms with van der Waals surface area (Å²) in [5.41, 5.74) is 9.99. The predicted octanol–water partition coefficient (Wildman–Crippen LogP) is 3.47. The van der Waals surface area contributed by atoms with Gasteiger partial charge in [-0.25, -0.2) is 0 Å². The van der Waals surface area contributed by atoms with E-state index in [1.54, 1.807) is 0 Å². The highest BCUT2D eigenvalue weighted by atomic mass is 32.1. The molecule has 2 aromatic rings. The fourth-order valence-corrected chi connectivity index (χ4v) is 2.93. The van der Waals surface area contributed by atoms with E-state index in [4.69, 9.17) is 5.73 Å². The number of aryl methyl sites for hydroxylation is 1. The highest BCUT2D eigenvalue weighted by Crippen LogP contribution is 2.27. The van der Waals surface area contributed by atoms with Crippen LogP contribution in [-0.4, -0.2) is 9.59 Å². The monoisotopic (exact) mass is 275 g/mol. The third-order valence-corrected chi connectivity index (χ3v) is 4.18. The summed E-state index contributed by atoms with van der Waals surface area (Å²) in [6, 6.07) is 8.68. The molecule has 1 aromatic heterocycles. The van der Waals surface area contributed by atoms with Gasteiger partial charge in [-0.05, 0) is 41.4 Å². The molecule has 0 saturated carbocycles. The fourth-order valence-electron chi connectivity index (χ4n) is 2.12. The van der Waals surface area contributed by atoms with Crippen molar-refractivity contribution in [1.82, 2.24) is 9.59 Å². The lowest BCUT2D eigenvalue weighted by molar-refractivity contribution is 0.700.